The van der Waals surface area contributed by atoms with Gasteiger partial charge in [0.1, 0.15) is 6.33 Å². The number of hydrogen-bond acceptors (Lipinski definition) is 6. The number of aromatic nitrogens is 3. The van der Waals surface area contributed by atoms with Gasteiger partial charge in [-0.15, -0.1) is 0 Å². The standard InChI is InChI=1S/C12H15N5O3/c1-16-8-14-12(15-16)5-6-13-9-3-4-10(17(18)19)11(7-9)20-2/h3-4,7-8,13H,5-6H2,1-2H3. The minimum absolute atomic E-state index is 0.0514. The summed E-state index contributed by atoms with van der Waals surface area (Å²) in [4.78, 5) is 14.4. The van der Waals surface area contributed by atoms with Gasteiger partial charge < -0.3 is 10.1 Å². The summed E-state index contributed by atoms with van der Waals surface area (Å²) in [7, 11) is 3.22. The van der Waals surface area contributed by atoms with Crippen molar-refractivity contribution >= 4 is 11.4 Å². The molecule has 1 N–H and O–H groups in total. The van der Waals surface area contributed by atoms with E-state index in [1.807, 2.05) is 7.05 Å². The first-order chi connectivity index (χ1) is 9.60. The van der Waals surface area contributed by atoms with E-state index in [2.05, 4.69) is 15.4 Å². The van der Waals surface area contributed by atoms with Crippen LogP contribution in [0.25, 0.3) is 0 Å². The van der Waals surface area contributed by atoms with Gasteiger partial charge in [-0.25, -0.2) is 4.98 Å². The van der Waals surface area contributed by atoms with Crippen LogP contribution < -0.4 is 10.1 Å². The number of benzene rings is 1. The molecule has 8 heteroatoms. The molecule has 0 aliphatic rings. The summed E-state index contributed by atoms with van der Waals surface area (Å²) in [6, 6.07) is 4.66. The molecule has 106 valence electrons. The molecule has 0 spiro atoms. The summed E-state index contributed by atoms with van der Waals surface area (Å²) in [5.74, 6) is 0.977. The molecule has 0 saturated carbocycles. The number of rotatable bonds is 6. The van der Waals surface area contributed by atoms with Crippen LogP contribution in [0.2, 0.25) is 0 Å². The third-order valence-corrected chi connectivity index (χ3v) is 2.70. The van der Waals surface area contributed by atoms with Crippen molar-refractivity contribution in [2.75, 3.05) is 19.0 Å². The largest absolute Gasteiger partial charge is 0.490 e. The molecular formula is C12H15N5O3. The van der Waals surface area contributed by atoms with Crippen LogP contribution in [-0.4, -0.2) is 33.3 Å². The van der Waals surface area contributed by atoms with Gasteiger partial charge in [0.25, 0.3) is 0 Å². The van der Waals surface area contributed by atoms with Crippen molar-refractivity contribution < 1.29 is 9.66 Å². The highest BCUT2D eigenvalue weighted by molar-refractivity contribution is 5.57. The quantitative estimate of drug-likeness (QED) is 0.633. The Morgan fingerprint density at radius 3 is 2.90 bits per heavy atom. The number of nitro groups is 1. The molecule has 0 aliphatic heterocycles. The summed E-state index contributed by atoms with van der Waals surface area (Å²) in [6.07, 6.45) is 2.31. The van der Waals surface area contributed by atoms with E-state index < -0.39 is 4.92 Å². The Balaban J connectivity index is 1.97. The van der Waals surface area contributed by atoms with Gasteiger partial charge in [-0.05, 0) is 6.07 Å². The zero-order valence-corrected chi connectivity index (χ0v) is 11.2. The molecule has 0 saturated heterocycles. The van der Waals surface area contributed by atoms with Crippen LogP contribution in [0.5, 0.6) is 5.75 Å². The van der Waals surface area contributed by atoms with Crippen molar-refractivity contribution in [2.45, 2.75) is 6.42 Å². The van der Waals surface area contributed by atoms with Crippen molar-refractivity contribution in [3.05, 3.63) is 40.5 Å². The number of hydrogen-bond donors (Lipinski definition) is 1. The van der Waals surface area contributed by atoms with E-state index in [-0.39, 0.29) is 11.4 Å². The normalized spacial score (nSPS) is 10.3. The van der Waals surface area contributed by atoms with E-state index in [9.17, 15) is 10.1 Å². The van der Waals surface area contributed by atoms with Crippen LogP contribution in [-0.2, 0) is 13.5 Å². The highest BCUT2D eigenvalue weighted by Gasteiger charge is 2.14. The van der Waals surface area contributed by atoms with E-state index >= 15 is 0 Å². The lowest BCUT2D eigenvalue weighted by Crippen LogP contribution is -2.07. The number of nitrogens with zero attached hydrogens (tertiary/aromatic N) is 4. The van der Waals surface area contributed by atoms with Gasteiger partial charge in [0.15, 0.2) is 11.6 Å². The van der Waals surface area contributed by atoms with Gasteiger partial charge in [-0.3, -0.25) is 14.8 Å². The number of methoxy groups -OCH3 is 1. The Kier molecular flexibility index (Phi) is 4.14. The SMILES string of the molecule is COc1cc(NCCc2ncn(C)n2)ccc1[N+](=O)[O-]. The number of aryl methyl sites for hydroxylation is 1. The van der Waals surface area contributed by atoms with Crippen LogP contribution in [0.4, 0.5) is 11.4 Å². The second-order valence-electron chi connectivity index (χ2n) is 4.15. The van der Waals surface area contributed by atoms with Gasteiger partial charge in [-0.2, -0.15) is 5.10 Å². The van der Waals surface area contributed by atoms with Crippen LogP contribution in [0.3, 0.4) is 0 Å². The van der Waals surface area contributed by atoms with Gasteiger partial charge in [0, 0.05) is 37.8 Å². The smallest absolute Gasteiger partial charge is 0.311 e. The molecule has 2 aromatic rings. The van der Waals surface area contributed by atoms with Crippen LogP contribution in [0, 0.1) is 10.1 Å². The lowest BCUT2D eigenvalue weighted by molar-refractivity contribution is -0.385. The van der Waals surface area contributed by atoms with Crippen LogP contribution in [0.15, 0.2) is 24.5 Å². The Labute approximate surface area is 115 Å². The molecule has 0 amide bonds. The fourth-order valence-corrected chi connectivity index (χ4v) is 1.76. The molecule has 0 radical (unpaired) electrons. The highest BCUT2D eigenvalue weighted by atomic mass is 16.6. The molecule has 0 bridgehead atoms. The molecule has 20 heavy (non-hydrogen) atoms. The molecule has 2 rings (SSSR count). The monoisotopic (exact) mass is 277 g/mol. The van der Waals surface area contributed by atoms with Gasteiger partial charge >= 0.3 is 5.69 Å². The number of nitro benzene ring substituents is 1. The van der Waals surface area contributed by atoms with Crippen LogP contribution in [0.1, 0.15) is 5.82 Å². The predicted octanol–water partition coefficient (Wildman–Crippen LogP) is 1.39. The van der Waals surface area contributed by atoms with Gasteiger partial charge in [0.2, 0.25) is 0 Å². The summed E-state index contributed by atoms with van der Waals surface area (Å²) in [5, 5.41) is 18.1. The first kappa shape index (κ1) is 13.8. The Hall–Kier alpha value is -2.64. The van der Waals surface area contributed by atoms with Crippen molar-refractivity contribution in [1.29, 1.82) is 0 Å². The highest BCUT2D eigenvalue weighted by Crippen LogP contribution is 2.29. The zero-order valence-electron chi connectivity index (χ0n) is 11.2. The van der Waals surface area contributed by atoms with E-state index in [0.717, 1.165) is 11.5 Å². The third-order valence-electron chi connectivity index (χ3n) is 2.70. The Morgan fingerprint density at radius 2 is 2.30 bits per heavy atom. The molecule has 8 nitrogen and oxygen atoms in total. The summed E-state index contributed by atoms with van der Waals surface area (Å²) in [6.45, 7) is 0.630. The van der Waals surface area contributed by atoms with Crippen molar-refractivity contribution in [3.8, 4) is 5.75 Å². The summed E-state index contributed by atoms with van der Waals surface area (Å²) >= 11 is 0. The maximum Gasteiger partial charge on any atom is 0.311 e. The number of nitrogens with one attached hydrogen (secondary N) is 1. The van der Waals surface area contributed by atoms with E-state index in [0.29, 0.717) is 13.0 Å². The molecule has 0 fully saturated rings. The fraction of sp³-hybridized carbons (Fsp3) is 0.333. The zero-order chi connectivity index (χ0) is 14.5. The predicted molar refractivity (Wildman–Crippen MR) is 72.8 cm³/mol. The molecule has 0 unspecified atom stereocenters. The van der Waals surface area contributed by atoms with E-state index in [1.54, 1.807) is 23.1 Å². The van der Waals surface area contributed by atoms with Gasteiger partial charge in [-0.1, -0.05) is 0 Å². The van der Waals surface area contributed by atoms with Crippen LogP contribution >= 0.6 is 0 Å². The maximum atomic E-state index is 10.8. The number of anilines is 1. The second-order valence-corrected chi connectivity index (χ2v) is 4.15. The Morgan fingerprint density at radius 1 is 1.50 bits per heavy atom. The molecule has 0 aliphatic carbocycles. The maximum absolute atomic E-state index is 10.8. The minimum atomic E-state index is -0.472. The summed E-state index contributed by atoms with van der Waals surface area (Å²) < 4.78 is 6.65. The minimum Gasteiger partial charge on any atom is -0.490 e. The van der Waals surface area contributed by atoms with E-state index in [1.165, 1.54) is 13.2 Å². The topological polar surface area (TPSA) is 95.1 Å². The lowest BCUT2D eigenvalue weighted by atomic mass is 10.2. The average molecular weight is 277 g/mol. The first-order valence-corrected chi connectivity index (χ1v) is 6.01. The average Bonchev–Trinajstić information content (AvgIpc) is 2.84. The fourth-order valence-electron chi connectivity index (χ4n) is 1.76. The molecular weight excluding hydrogens is 262 g/mol. The molecule has 1 aromatic carbocycles. The summed E-state index contributed by atoms with van der Waals surface area (Å²) in [5.41, 5.74) is 0.702. The second kappa shape index (κ2) is 6.00. The van der Waals surface area contributed by atoms with Crippen molar-refractivity contribution in [2.24, 2.45) is 7.05 Å². The lowest BCUT2D eigenvalue weighted by Gasteiger charge is -2.07. The van der Waals surface area contributed by atoms with Crippen molar-refractivity contribution in [3.63, 3.8) is 0 Å². The third kappa shape index (κ3) is 3.22. The van der Waals surface area contributed by atoms with Gasteiger partial charge in [0.05, 0.1) is 12.0 Å². The van der Waals surface area contributed by atoms with E-state index in [4.69, 9.17) is 4.74 Å². The van der Waals surface area contributed by atoms with Crippen molar-refractivity contribution in [1.82, 2.24) is 14.8 Å². The number of ether oxygens (including phenoxy) is 1. The molecule has 0 atom stereocenters. The Bertz CT molecular complexity index is 611. The molecule has 1 aromatic heterocycles. The molecule has 1 heterocycles. The first-order valence-electron chi connectivity index (χ1n) is 6.01.